The molecule has 0 spiro atoms. The maximum atomic E-state index is 13.2. The third-order valence-corrected chi connectivity index (χ3v) is 4.25. The van der Waals surface area contributed by atoms with Crippen molar-refractivity contribution in [2.24, 2.45) is 0 Å². The topological polar surface area (TPSA) is 53.2 Å². The molecular formula is C19H18FN3OS. The van der Waals surface area contributed by atoms with Crippen LogP contribution in [0.2, 0.25) is 0 Å². The molecule has 0 saturated heterocycles. The Morgan fingerprint density at radius 2 is 1.72 bits per heavy atom. The number of thiocarbonyl (C=S) groups is 1. The van der Waals surface area contributed by atoms with Crippen molar-refractivity contribution in [2.75, 3.05) is 5.32 Å². The van der Waals surface area contributed by atoms with Crippen LogP contribution in [0.1, 0.15) is 24.1 Å². The summed E-state index contributed by atoms with van der Waals surface area (Å²) in [6, 6.07) is 13.1. The van der Waals surface area contributed by atoms with Gasteiger partial charge in [0.05, 0.1) is 11.6 Å². The van der Waals surface area contributed by atoms with E-state index in [1.165, 1.54) is 12.1 Å². The lowest BCUT2D eigenvalue weighted by Crippen LogP contribution is -2.45. The Kier molecular flexibility index (Phi) is 4.81. The number of amides is 1. The Balaban J connectivity index is 1.92. The molecule has 25 heavy (non-hydrogen) atoms. The highest BCUT2D eigenvalue weighted by atomic mass is 32.1. The summed E-state index contributed by atoms with van der Waals surface area (Å²) in [6.07, 6.45) is 0. The number of halogens is 1. The van der Waals surface area contributed by atoms with Crippen LogP contribution < -0.4 is 16.0 Å². The van der Waals surface area contributed by atoms with Gasteiger partial charge in [-0.1, -0.05) is 29.8 Å². The van der Waals surface area contributed by atoms with Gasteiger partial charge in [0, 0.05) is 11.4 Å². The highest BCUT2D eigenvalue weighted by Crippen LogP contribution is 2.28. The fourth-order valence-electron chi connectivity index (χ4n) is 2.74. The van der Waals surface area contributed by atoms with Gasteiger partial charge in [-0.05, 0) is 55.9 Å². The van der Waals surface area contributed by atoms with Crippen molar-refractivity contribution in [1.29, 1.82) is 0 Å². The molecule has 3 rings (SSSR count). The first-order valence-electron chi connectivity index (χ1n) is 7.86. The van der Waals surface area contributed by atoms with Crippen LogP contribution in [0.3, 0.4) is 0 Å². The van der Waals surface area contributed by atoms with Crippen LogP contribution in [0.4, 0.5) is 10.1 Å². The van der Waals surface area contributed by atoms with Gasteiger partial charge in [-0.3, -0.25) is 4.79 Å². The van der Waals surface area contributed by atoms with E-state index in [1.807, 2.05) is 31.2 Å². The van der Waals surface area contributed by atoms with Gasteiger partial charge in [-0.2, -0.15) is 0 Å². The molecule has 1 amide bonds. The smallest absolute Gasteiger partial charge is 0.255 e. The van der Waals surface area contributed by atoms with E-state index in [-0.39, 0.29) is 11.7 Å². The maximum Gasteiger partial charge on any atom is 0.255 e. The molecule has 0 fully saturated rings. The van der Waals surface area contributed by atoms with Gasteiger partial charge in [-0.25, -0.2) is 4.39 Å². The second kappa shape index (κ2) is 7.03. The Labute approximate surface area is 151 Å². The maximum absolute atomic E-state index is 13.2. The first kappa shape index (κ1) is 17.1. The summed E-state index contributed by atoms with van der Waals surface area (Å²) in [4.78, 5) is 12.9. The molecular weight excluding hydrogens is 337 g/mol. The zero-order chi connectivity index (χ0) is 18.0. The standard InChI is InChI=1S/C19H18FN3OS/c1-11-3-9-15(10-4-11)22-18(24)16-12(2)21-19(25)23-17(16)13-5-7-14(20)8-6-13/h3-10,17H,1-2H3,(H,22,24)(H2,21,23,25). The monoisotopic (exact) mass is 355 g/mol. The highest BCUT2D eigenvalue weighted by Gasteiger charge is 2.29. The molecule has 0 saturated carbocycles. The lowest BCUT2D eigenvalue weighted by Gasteiger charge is -2.30. The number of aryl methyl sites for hydroxylation is 1. The van der Waals surface area contributed by atoms with Crippen LogP contribution in [0.25, 0.3) is 0 Å². The van der Waals surface area contributed by atoms with E-state index in [2.05, 4.69) is 16.0 Å². The number of allylic oxidation sites excluding steroid dienone is 1. The molecule has 0 radical (unpaired) electrons. The van der Waals surface area contributed by atoms with Crippen LogP contribution in [-0.4, -0.2) is 11.0 Å². The van der Waals surface area contributed by atoms with Gasteiger partial charge in [0.2, 0.25) is 0 Å². The Morgan fingerprint density at radius 3 is 2.36 bits per heavy atom. The largest absolute Gasteiger partial charge is 0.351 e. The van der Waals surface area contributed by atoms with E-state index < -0.39 is 6.04 Å². The third-order valence-electron chi connectivity index (χ3n) is 4.03. The van der Waals surface area contributed by atoms with E-state index in [0.29, 0.717) is 22.1 Å². The van der Waals surface area contributed by atoms with Crippen molar-refractivity contribution >= 4 is 28.9 Å². The van der Waals surface area contributed by atoms with Crippen molar-refractivity contribution < 1.29 is 9.18 Å². The molecule has 1 atom stereocenters. The fraction of sp³-hybridized carbons (Fsp3) is 0.158. The lowest BCUT2D eigenvalue weighted by molar-refractivity contribution is -0.113. The number of hydrogen-bond acceptors (Lipinski definition) is 2. The van der Waals surface area contributed by atoms with Crippen molar-refractivity contribution in [1.82, 2.24) is 10.6 Å². The highest BCUT2D eigenvalue weighted by molar-refractivity contribution is 7.80. The second-order valence-electron chi connectivity index (χ2n) is 5.94. The SMILES string of the molecule is CC1=C(C(=O)Nc2ccc(C)cc2)C(c2ccc(F)cc2)NC(=S)N1. The molecule has 1 heterocycles. The van der Waals surface area contributed by atoms with Crippen LogP contribution in [-0.2, 0) is 4.79 Å². The van der Waals surface area contributed by atoms with Crippen molar-refractivity contribution in [3.05, 3.63) is 76.7 Å². The fourth-order valence-corrected chi connectivity index (χ4v) is 3.01. The molecule has 0 bridgehead atoms. The molecule has 1 unspecified atom stereocenters. The molecule has 4 nitrogen and oxygen atoms in total. The normalized spacial score (nSPS) is 16.9. The number of anilines is 1. The summed E-state index contributed by atoms with van der Waals surface area (Å²) in [7, 11) is 0. The van der Waals surface area contributed by atoms with Crippen molar-refractivity contribution in [3.8, 4) is 0 Å². The van der Waals surface area contributed by atoms with E-state index in [0.717, 1.165) is 11.1 Å². The number of carbonyl (C=O) groups excluding carboxylic acids is 1. The number of benzene rings is 2. The summed E-state index contributed by atoms with van der Waals surface area (Å²) in [5.41, 5.74) is 3.77. The quantitative estimate of drug-likeness (QED) is 0.737. The molecule has 128 valence electrons. The van der Waals surface area contributed by atoms with Gasteiger partial charge < -0.3 is 16.0 Å². The number of hydrogen-bond donors (Lipinski definition) is 3. The summed E-state index contributed by atoms with van der Waals surface area (Å²) in [6.45, 7) is 3.78. The van der Waals surface area contributed by atoms with Crippen LogP contribution >= 0.6 is 12.2 Å². The summed E-state index contributed by atoms with van der Waals surface area (Å²) >= 11 is 5.21. The molecule has 0 aliphatic carbocycles. The Bertz CT molecular complexity index is 844. The van der Waals surface area contributed by atoms with Crippen LogP contribution in [0.15, 0.2) is 59.8 Å². The average Bonchev–Trinajstić information content (AvgIpc) is 2.57. The van der Waals surface area contributed by atoms with Gasteiger partial charge in [0.1, 0.15) is 5.82 Å². The molecule has 0 aromatic heterocycles. The summed E-state index contributed by atoms with van der Waals surface area (Å²) in [5, 5.41) is 9.40. The van der Waals surface area contributed by atoms with Gasteiger partial charge >= 0.3 is 0 Å². The number of nitrogens with one attached hydrogen (secondary N) is 3. The Hall–Kier alpha value is -2.73. The number of rotatable bonds is 3. The molecule has 3 N–H and O–H groups in total. The lowest BCUT2D eigenvalue weighted by atomic mass is 9.95. The zero-order valence-corrected chi connectivity index (χ0v) is 14.7. The summed E-state index contributed by atoms with van der Waals surface area (Å²) in [5.74, 6) is -0.565. The first-order valence-corrected chi connectivity index (χ1v) is 8.26. The minimum Gasteiger partial charge on any atom is -0.351 e. The van der Waals surface area contributed by atoms with Gasteiger partial charge in [0.15, 0.2) is 5.11 Å². The average molecular weight is 355 g/mol. The van der Waals surface area contributed by atoms with Gasteiger partial charge in [-0.15, -0.1) is 0 Å². The minimum atomic E-state index is -0.445. The molecule has 6 heteroatoms. The predicted octanol–water partition coefficient (Wildman–Crippen LogP) is 3.57. The second-order valence-corrected chi connectivity index (χ2v) is 6.35. The predicted molar refractivity (Wildman–Crippen MR) is 101 cm³/mol. The van der Waals surface area contributed by atoms with Crippen LogP contribution in [0, 0.1) is 12.7 Å². The van der Waals surface area contributed by atoms with E-state index in [4.69, 9.17) is 12.2 Å². The van der Waals surface area contributed by atoms with Crippen molar-refractivity contribution in [2.45, 2.75) is 19.9 Å². The molecule has 2 aromatic rings. The van der Waals surface area contributed by atoms with Crippen LogP contribution in [0.5, 0.6) is 0 Å². The minimum absolute atomic E-state index is 0.238. The first-order chi connectivity index (χ1) is 11.9. The molecule has 2 aromatic carbocycles. The van der Waals surface area contributed by atoms with E-state index in [9.17, 15) is 9.18 Å². The van der Waals surface area contributed by atoms with E-state index >= 15 is 0 Å². The van der Waals surface area contributed by atoms with Gasteiger partial charge in [0.25, 0.3) is 5.91 Å². The number of carbonyl (C=O) groups is 1. The molecule has 1 aliphatic heterocycles. The molecule has 1 aliphatic rings. The third kappa shape index (κ3) is 3.85. The summed E-state index contributed by atoms with van der Waals surface area (Å²) < 4.78 is 13.2. The zero-order valence-electron chi connectivity index (χ0n) is 13.9. The van der Waals surface area contributed by atoms with E-state index in [1.54, 1.807) is 19.1 Å². The van der Waals surface area contributed by atoms with Crippen molar-refractivity contribution in [3.63, 3.8) is 0 Å². The Morgan fingerprint density at radius 1 is 1.08 bits per heavy atom.